The minimum absolute atomic E-state index is 0.257. The van der Waals surface area contributed by atoms with Gasteiger partial charge in [0.25, 0.3) is 0 Å². The first-order chi connectivity index (χ1) is 8.74. The van der Waals surface area contributed by atoms with Crippen LogP contribution in [-0.4, -0.2) is 19.6 Å². The second-order valence-electron chi connectivity index (χ2n) is 3.84. The van der Waals surface area contributed by atoms with E-state index in [1.54, 1.807) is 22.7 Å². The number of hydrogen-bond acceptors (Lipinski definition) is 3. The lowest BCUT2D eigenvalue weighted by Crippen LogP contribution is -1.98. The highest BCUT2D eigenvalue weighted by molar-refractivity contribution is 6.29. The SMILES string of the molecule is Fc1ccc(Cc2nnc3cncc(Cl)n23)cc1. The van der Waals surface area contributed by atoms with Crippen LogP contribution in [0.15, 0.2) is 36.7 Å². The molecule has 0 bridgehead atoms. The molecule has 6 heteroatoms. The zero-order chi connectivity index (χ0) is 12.5. The smallest absolute Gasteiger partial charge is 0.180 e. The maximum atomic E-state index is 12.8. The average Bonchev–Trinajstić information content (AvgIpc) is 2.77. The number of halogens is 2. The highest BCUT2D eigenvalue weighted by Crippen LogP contribution is 2.15. The summed E-state index contributed by atoms with van der Waals surface area (Å²) in [6, 6.07) is 6.26. The van der Waals surface area contributed by atoms with Gasteiger partial charge in [0.05, 0.1) is 12.4 Å². The van der Waals surface area contributed by atoms with Crippen LogP contribution >= 0.6 is 11.6 Å². The van der Waals surface area contributed by atoms with Crippen LogP contribution in [0, 0.1) is 5.82 Å². The van der Waals surface area contributed by atoms with E-state index in [1.165, 1.54) is 18.3 Å². The molecule has 0 radical (unpaired) electrons. The van der Waals surface area contributed by atoms with Crippen LogP contribution in [0.3, 0.4) is 0 Å². The van der Waals surface area contributed by atoms with E-state index in [0.717, 1.165) is 5.56 Å². The van der Waals surface area contributed by atoms with Crippen molar-refractivity contribution in [2.24, 2.45) is 0 Å². The van der Waals surface area contributed by atoms with E-state index >= 15 is 0 Å². The van der Waals surface area contributed by atoms with Gasteiger partial charge in [-0.05, 0) is 17.7 Å². The summed E-state index contributed by atoms with van der Waals surface area (Å²) in [6.07, 6.45) is 3.66. The third-order valence-electron chi connectivity index (χ3n) is 2.62. The molecule has 0 aliphatic carbocycles. The van der Waals surface area contributed by atoms with Gasteiger partial charge in [-0.15, -0.1) is 10.2 Å². The molecule has 0 N–H and O–H groups in total. The maximum Gasteiger partial charge on any atom is 0.180 e. The summed E-state index contributed by atoms with van der Waals surface area (Å²) < 4.78 is 14.5. The summed E-state index contributed by atoms with van der Waals surface area (Å²) in [5, 5.41) is 8.51. The van der Waals surface area contributed by atoms with Crippen molar-refractivity contribution in [3.8, 4) is 0 Å². The van der Waals surface area contributed by atoms with Gasteiger partial charge in [-0.25, -0.2) is 4.39 Å². The molecule has 0 aliphatic rings. The lowest BCUT2D eigenvalue weighted by Gasteiger charge is -2.02. The zero-order valence-electron chi connectivity index (χ0n) is 9.22. The summed E-state index contributed by atoms with van der Waals surface area (Å²) in [5.41, 5.74) is 1.54. The number of benzene rings is 1. The van der Waals surface area contributed by atoms with E-state index in [2.05, 4.69) is 15.2 Å². The highest BCUT2D eigenvalue weighted by atomic mass is 35.5. The Kier molecular flexibility index (Phi) is 2.68. The van der Waals surface area contributed by atoms with E-state index in [4.69, 9.17) is 11.6 Å². The van der Waals surface area contributed by atoms with Crippen LogP contribution in [0.25, 0.3) is 5.65 Å². The fourth-order valence-electron chi connectivity index (χ4n) is 1.77. The average molecular weight is 263 g/mol. The Bertz CT molecular complexity index is 693. The lowest BCUT2D eigenvalue weighted by molar-refractivity contribution is 0.627. The van der Waals surface area contributed by atoms with Crippen LogP contribution < -0.4 is 0 Å². The van der Waals surface area contributed by atoms with Crippen molar-refractivity contribution in [2.75, 3.05) is 0 Å². The van der Waals surface area contributed by atoms with Gasteiger partial charge in [0.2, 0.25) is 0 Å². The third kappa shape index (κ3) is 1.93. The first-order valence-electron chi connectivity index (χ1n) is 5.32. The van der Waals surface area contributed by atoms with E-state index in [9.17, 15) is 4.39 Å². The van der Waals surface area contributed by atoms with Gasteiger partial charge in [-0.3, -0.25) is 9.38 Å². The summed E-state index contributed by atoms with van der Waals surface area (Å²) in [5.74, 6) is 0.441. The molecule has 0 fully saturated rings. The molecule has 0 amide bonds. The highest BCUT2D eigenvalue weighted by Gasteiger charge is 2.09. The van der Waals surface area contributed by atoms with Gasteiger partial charge < -0.3 is 0 Å². The Balaban J connectivity index is 2.02. The number of aromatic nitrogens is 4. The predicted molar refractivity (Wildman–Crippen MR) is 65.0 cm³/mol. The molecular formula is C12H8ClFN4. The molecule has 0 saturated carbocycles. The van der Waals surface area contributed by atoms with E-state index in [-0.39, 0.29) is 5.82 Å². The van der Waals surface area contributed by atoms with Gasteiger partial charge in [0, 0.05) is 6.42 Å². The topological polar surface area (TPSA) is 43.1 Å². The molecular weight excluding hydrogens is 255 g/mol. The summed E-state index contributed by atoms with van der Waals surface area (Å²) in [7, 11) is 0. The normalized spacial score (nSPS) is 11.0. The molecule has 90 valence electrons. The Morgan fingerprint density at radius 2 is 1.89 bits per heavy atom. The Morgan fingerprint density at radius 3 is 2.67 bits per heavy atom. The second-order valence-corrected chi connectivity index (χ2v) is 4.23. The van der Waals surface area contributed by atoms with Crippen molar-refractivity contribution in [1.82, 2.24) is 19.6 Å². The quantitative estimate of drug-likeness (QED) is 0.713. The van der Waals surface area contributed by atoms with Crippen molar-refractivity contribution in [1.29, 1.82) is 0 Å². The minimum Gasteiger partial charge on any atom is -0.266 e. The van der Waals surface area contributed by atoms with Crippen LogP contribution in [0.5, 0.6) is 0 Å². The van der Waals surface area contributed by atoms with Gasteiger partial charge in [0.15, 0.2) is 5.65 Å². The molecule has 0 aliphatic heterocycles. The summed E-state index contributed by atoms with van der Waals surface area (Å²) >= 11 is 6.06. The van der Waals surface area contributed by atoms with Crippen molar-refractivity contribution in [3.63, 3.8) is 0 Å². The number of fused-ring (bicyclic) bond motifs is 1. The number of hydrogen-bond donors (Lipinski definition) is 0. The predicted octanol–water partition coefficient (Wildman–Crippen LogP) is 2.51. The van der Waals surface area contributed by atoms with Gasteiger partial charge >= 0.3 is 0 Å². The maximum absolute atomic E-state index is 12.8. The molecule has 4 nitrogen and oxygen atoms in total. The minimum atomic E-state index is -0.257. The molecule has 0 saturated heterocycles. The van der Waals surface area contributed by atoms with Crippen molar-refractivity contribution in [2.45, 2.75) is 6.42 Å². The largest absolute Gasteiger partial charge is 0.266 e. The molecule has 2 aromatic heterocycles. The molecule has 3 aromatic rings. The number of nitrogens with zero attached hydrogens (tertiary/aromatic N) is 4. The van der Waals surface area contributed by atoms with Crippen molar-refractivity contribution < 1.29 is 4.39 Å². The van der Waals surface area contributed by atoms with Crippen LogP contribution in [0.4, 0.5) is 4.39 Å². The van der Waals surface area contributed by atoms with Crippen molar-refractivity contribution in [3.05, 3.63) is 59.0 Å². The molecule has 3 rings (SSSR count). The van der Waals surface area contributed by atoms with E-state index < -0.39 is 0 Å². The Labute approximate surface area is 107 Å². The monoisotopic (exact) mass is 262 g/mol. The molecule has 0 unspecified atom stereocenters. The Hall–Kier alpha value is -2.01. The van der Waals surface area contributed by atoms with E-state index in [0.29, 0.717) is 23.0 Å². The van der Waals surface area contributed by atoms with Gasteiger partial charge in [-0.1, -0.05) is 23.7 Å². The standard InChI is InChI=1S/C12H8ClFN4/c13-10-6-15-7-12-17-16-11(18(10)12)5-8-1-3-9(14)4-2-8/h1-4,6-7H,5H2. The van der Waals surface area contributed by atoms with Crippen LogP contribution in [-0.2, 0) is 6.42 Å². The summed E-state index contributed by atoms with van der Waals surface area (Å²) in [6.45, 7) is 0. The number of rotatable bonds is 2. The first kappa shape index (κ1) is 11.1. The van der Waals surface area contributed by atoms with Gasteiger partial charge in [-0.2, -0.15) is 0 Å². The first-order valence-corrected chi connectivity index (χ1v) is 5.70. The third-order valence-corrected chi connectivity index (χ3v) is 2.88. The van der Waals surface area contributed by atoms with Crippen LogP contribution in [0.2, 0.25) is 5.15 Å². The molecule has 2 heterocycles. The molecule has 1 aromatic carbocycles. The Morgan fingerprint density at radius 1 is 1.11 bits per heavy atom. The molecule has 18 heavy (non-hydrogen) atoms. The summed E-state index contributed by atoms with van der Waals surface area (Å²) in [4.78, 5) is 3.94. The zero-order valence-corrected chi connectivity index (χ0v) is 9.97. The van der Waals surface area contributed by atoms with Crippen molar-refractivity contribution >= 4 is 17.2 Å². The van der Waals surface area contributed by atoms with Gasteiger partial charge in [0.1, 0.15) is 16.8 Å². The van der Waals surface area contributed by atoms with Crippen LogP contribution in [0.1, 0.15) is 11.4 Å². The van der Waals surface area contributed by atoms with E-state index in [1.807, 2.05) is 0 Å². The molecule has 0 atom stereocenters. The molecule has 0 spiro atoms. The second kappa shape index (κ2) is 4.34. The fourth-order valence-corrected chi connectivity index (χ4v) is 2.01. The fraction of sp³-hybridized carbons (Fsp3) is 0.0833. The lowest BCUT2D eigenvalue weighted by atomic mass is 10.1.